The van der Waals surface area contributed by atoms with Gasteiger partial charge in [0.2, 0.25) is 0 Å². The number of anilines is 1. The molecule has 0 radical (unpaired) electrons. The summed E-state index contributed by atoms with van der Waals surface area (Å²) in [6.45, 7) is 4.80. The van der Waals surface area contributed by atoms with Gasteiger partial charge in [0.05, 0.1) is 0 Å². The van der Waals surface area contributed by atoms with Crippen LogP contribution in [-0.2, 0) is 0 Å². The molecule has 0 fully saturated rings. The van der Waals surface area contributed by atoms with E-state index in [4.69, 9.17) is 17.4 Å². The van der Waals surface area contributed by atoms with Crippen LogP contribution in [0, 0.1) is 5.92 Å². The number of hydrazine groups is 1. The molecule has 1 atom stereocenters. The van der Waals surface area contributed by atoms with Crippen LogP contribution < -0.4 is 16.6 Å². The van der Waals surface area contributed by atoms with Gasteiger partial charge in [-0.1, -0.05) is 31.9 Å². The van der Waals surface area contributed by atoms with Gasteiger partial charge >= 0.3 is 0 Å². The number of nitrogen functional groups attached to an aromatic ring is 1. The maximum Gasteiger partial charge on any atom is 0.251 e. The normalized spacial score (nSPS) is 12.0. The lowest BCUT2D eigenvalue weighted by Gasteiger charge is -2.10. The Bertz CT molecular complexity index is 397. The Morgan fingerprint density at radius 1 is 1.59 bits per heavy atom. The van der Waals surface area contributed by atoms with Crippen molar-refractivity contribution in [3.05, 3.63) is 22.8 Å². The number of halogens is 1. The summed E-state index contributed by atoms with van der Waals surface area (Å²) in [7, 11) is 0. The van der Waals surface area contributed by atoms with Gasteiger partial charge < -0.3 is 10.7 Å². The molecule has 1 unspecified atom stereocenters. The Morgan fingerprint density at radius 3 is 2.88 bits per heavy atom. The van der Waals surface area contributed by atoms with Gasteiger partial charge in [-0.25, -0.2) is 10.8 Å². The fourth-order valence-corrected chi connectivity index (χ4v) is 1.42. The molecule has 1 aromatic heterocycles. The van der Waals surface area contributed by atoms with E-state index in [2.05, 4.69) is 29.6 Å². The van der Waals surface area contributed by atoms with E-state index in [-0.39, 0.29) is 11.1 Å². The monoisotopic (exact) mass is 256 g/mol. The third kappa shape index (κ3) is 4.20. The van der Waals surface area contributed by atoms with Gasteiger partial charge in [-0.15, -0.1) is 0 Å². The summed E-state index contributed by atoms with van der Waals surface area (Å²) in [5.41, 5.74) is 2.81. The minimum atomic E-state index is -0.175. The van der Waals surface area contributed by atoms with Gasteiger partial charge in [-0.3, -0.25) is 4.79 Å². The lowest BCUT2D eigenvalue weighted by molar-refractivity contribution is 0.0948. The Labute approximate surface area is 106 Å². The summed E-state index contributed by atoms with van der Waals surface area (Å²) in [6, 6.07) is 3.06. The lowest BCUT2D eigenvalue weighted by Crippen LogP contribution is -2.28. The minimum absolute atomic E-state index is 0.175. The van der Waals surface area contributed by atoms with Crippen molar-refractivity contribution in [2.75, 3.05) is 12.0 Å². The summed E-state index contributed by atoms with van der Waals surface area (Å²) >= 11 is 5.78. The highest BCUT2D eigenvalue weighted by Gasteiger charge is 2.09. The average molecular weight is 257 g/mol. The number of hydrogen-bond donors (Lipinski definition) is 3. The molecule has 0 saturated heterocycles. The van der Waals surface area contributed by atoms with Gasteiger partial charge in [0.1, 0.15) is 11.0 Å². The van der Waals surface area contributed by atoms with Crippen molar-refractivity contribution >= 4 is 23.3 Å². The molecule has 0 aliphatic carbocycles. The quantitative estimate of drug-likeness (QED) is 0.426. The summed E-state index contributed by atoms with van der Waals surface area (Å²) in [5.74, 6) is 5.87. The van der Waals surface area contributed by atoms with E-state index < -0.39 is 0 Å². The molecule has 0 bridgehead atoms. The molecule has 1 aromatic rings. The first-order valence-electron chi connectivity index (χ1n) is 5.49. The Morgan fingerprint density at radius 2 is 2.29 bits per heavy atom. The largest absolute Gasteiger partial charge is 0.352 e. The molecule has 1 rings (SSSR count). The van der Waals surface area contributed by atoms with E-state index in [1.54, 1.807) is 6.07 Å². The second-order valence-electron chi connectivity index (χ2n) is 3.93. The summed E-state index contributed by atoms with van der Waals surface area (Å²) in [4.78, 5) is 15.7. The summed E-state index contributed by atoms with van der Waals surface area (Å²) in [5, 5.41) is 3.06. The van der Waals surface area contributed by atoms with Crippen molar-refractivity contribution in [3.63, 3.8) is 0 Å². The maximum absolute atomic E-state index is 11.8. The first-order valence-corrected chi connectivity index (χ1v) is 5.87. The third-order valence-electron chi connectivity index (χ3n) is 2.51. The fourth-order valence-electron chi connectivity index (χ4n) is 1.22. The Balaban J connectivity index is 2.71. The van der Waals surface area contributed by atoms with Gasteiger partial charge in [-0.2, -0.15) is 0 Å². The van der Waals surface area contributed by atoms with Crippen molar-refractivity contribution in [3.8, 4) is 0 Å². The number of hydrogen-bond acceptors (Lipinski definition) is 4. The number of nitrogens with two attached hydrogens (primary N) is 1. The van der Waals surface area contributed by atoms with Crippen LogP contribution >= 0.6 is 11.6 Å². The molecular weight excluding hydrogens is 240 g/mol. The van der Waals surface area contributed by atoms with Crippen molar-refractivity contribution in [1.29, 1.82) is 0 Å². The predicted molar refractivity (Wildman–Crippen MR) is 68.8 cm³/mol. The number of amides is 1. The van der Waals surface area contributed by atoms with Crippen molar-refractivity contribution in [2.45, 2.75) is 20.3 Å². The second kappa shape index (κ2) is 6.42. The zero-order valence-electron chi connectivity index (χ0n) is 9.96. The molecule has 1 amide bonds. The van der Waals surface area contributed by atoms with Crippen molar-refractivity contribution < 1.29 is 4.79 Å². The van der Waals surface area contributed by atoms with E-state index in [9.17, 15) is 4.79 Å². The van der Waals surface area contributed by atoms with E-state index in [0.29, 0.717) is 23.8 Å². The van der Waals surface area contributed by atoms with Crippen LogP contribution in [0.1, 0.15) is 30.6 Å². The number of nitrogens with zero attached hydrogens (tertiary/aromatic N) is 1. The Kier molecular flexibility index (Phi) is 5.18. The van der Waals surface area contributed by atoms with Crippen LogP contribution in [0.3, 0.4) is 0 Å². The van der Waals surface area contributed by atoms with E-state index in [1.807, 2.05) is 0 Å². The summed E-state index contributed by atoms with van der Waals surface area (Å²) < 4.78 is 0. The molecule has 0 aliphatic heterocycles. The number of aromatic nitrogens is 1. The van der Waals surface area contributed by atoms with Crippen LogP contribution in [0.15, 0.2) is 12.1 Å². The van der Waals surface area contributed by atoms with Gasteiger partial charge in [-0.05, 0) is 18.1 Å². The fraction of sp³-hybridized carbons (Fsp3) is 0.455. The number of pyridine rings is 1. The van der Waals surface area contributed by atoms with Gasteiger partial charge in [0.25, 0.3) is 5.91 Å². The smallest absolute Gasteiger partial charge is 0.251 e. The van der Waals surface area contributed by atoms with Crippen molar-refractivity contribution in [2.24, 2.45) is 11.8 Å². The Hall–Kier alpha value is -1.33. The highest BCUT2D eigenvalue weighted by Crippen LogP contribution is 2.13. The minimum Gasteiger partial charge on any atom is -0.352 e. The van der Waals surface area contributed by atoms with Gasteiger partial charge in [0, 0.05) is 12.1 Å². The summed E-state index contributed by atoms with van der Waals surface area (Å²) in [6.07, 6.45) is 1.02. The zero-order valence-corrected chi connectivity index (χ0v) is 10.7. The van der Waals surface area contributed by atoms with Crippen molar-refractivity contribution in [1.82, 2.24) is 10.3 Å². The molecule has 6 heteroatoms. The molecule has 0 spiro atoms. The van der Waals surface area contributed by atoms with E-state index in [1.165, 1.54) is 6.07 Å². The first kappa shape index (κ1) is 13.7. The predicted octanol–water partition coefficient (Wildman–Crippen LogP) is 1.80. The standard InChI is InChI=1S/C11H17ClN4O/c1-3-7(2)6-14-11(17)8-4-9(12)15-10(5-8)16-13/h4-5,7H,3,6,13H2,1-2H3,(H,14,17)(H,15,16). The molecule has 1 heterocycles. The molecule has 4 N–H and O–H groups in total. The third-order valence-corrected chi connectivity index (χ3v) is 2.71. The molecular formula is C11H17ClN4O. The lowest BCUT2D eigenvalue weighted by atomic mass is 10.1. The molecule has 94 valence electrons. The van der Waals surface area contributed by atoms with Crippen LogP contribution in [0.4, 0.5) is 5.82 Å². The zero-order chi connectivity index (χ0) is 12.8. The topological polar surface area (TPSA) is 80.0 Å². The highest BCUT2D eigenvalue weighted by molar-refractivity contribution is 6.29. The average Bonchev–Trinajstić information content (AvgIpc) is 2.34. The molecule has 5 nitrogen and oxygen atoms in total. The molecule has 17 heavy (non-hydrogen) atoms. The number of nitrogens with one attached hydrogen (secondary N) is 2. The second-order valence-corrected chi connectivity index (χ2v) is 4.32. The van der Waals surface area contributed by atoms with Gasteiger partial charge in [0.15, 0.2) is 0 Å². The van der Waals surface area contributed by atoms with Crippen LogP contribution in [0.5, 0.6) is 0 Å². The van der Waals surface area contributed by atoms with Crippen LogP contribution in [0.2, 0.25) is 5.15 Å². The van der Waals surface area contributed by atoms with Crippen LogP contribution in [0.25, 0.3) is 0 Å². The number of carbonyl (C=O) groups excluding carboxylic acids is 1. The SMILES string of the molecule is CCC(C)CNC(=O)c1cc(Cl)nc(NN)c1. The molecule has 0 saturated carbocycles. The van der Waals surface area contributed by atoms with E-state index in [0.717, 1.165) is 6.42 Å². The van der Waals surface area contributed by atoms with Crippen LogP contribution in [-0.4, -0.2) is 17.4 Å². The maximum atomic E-state index is 11.8. The number of carbonyl (C=O) groups is 1. The molecule has 0 aliphatic rings. The highest BCUT2D eigenvalue weighted by atomic mass is 35.5. The first-order chi connectivity index (χ1) is 8.06. The van der Waals surface area contributed by atoms with E-state index >= 15 is 0 Å². The number of rotatable bonds is 5. The molecule has 0 aromatic carbocycles.